The lowest BCUT2D eigenvalue weighted by molar-refractivity contribution is 0.667. The summed E-state index contributed by atoms with van der Waals surface area (Å²) in [6, 6.07) is 69.6. The van der Waals surface area contributed by atoms with Crippen LogP contribution in [0.4, 0.5) is 0 Å². The zero-order valence-electron chi connectivity index (χ0n) is 32.8. The fraction of sp³-hybridized carbons (Fsp3) is 0.0545. The molecular formula is C55H38N4. The fourth-order valence-corrected chi connectivity index (χ4v) is 9.92. The normalized spacial score (nSPS) is 13.1. The Bertz CT molecular complexity index is 3370. The molecule has 12 rings (SSSR count). The summed E-state index contributed by atoms with van der Waals surface area (Å²) in [5.41, 5.74) is 17.1. The van der Waals surface area contributed by atoms with Crippen molar-refractivity contribution in [1.82, 2.24) is 19.1 Å². The van der Waals surface area contributed by atoms with Crippen LogP contribution in [0.2, 0.25) is 0 Å². The molecule has 278 valence electrons. The molecule has 0 atom stereocenters. The first-order valence-electron chi connectivity index (χ1n) is 20.3. The molecule has 3 aromatic heterocycles. The Hall–Kier alpha value is -7.56. The second kappa shape index (κ2) is 12.7. The molecule has 0 N–H and O–H groups in total. The van der Waals surface area contributed by atoms with Crippen molar-refractivity contribution in [1.29, 1.82) is 0 Å². The number of fused-ring (bicyclic) bond motifs is 12. The van der Waals surface area contributed by atoms with Gasteiger partial charge in [-0.2, -0.15) is 0 Å². The summed E-state index contributed by atoms with van der Waals surface area (Å²) >= 11 is 0. The highest BCUT2D eigenvalue weighted by Crippen LogP contribution is 2.58. The summed E-state index contributed by atoms with van der Waals surface area (Å²) in [5.74, 6) is 0.711. The topological polar surface area (TPSA) is 35.6 Å². The van der Waals surface area contributed by atoms with Gasteiger partial charge in [0.25, 0.3) is 0 Å². The standard InChI is InChI=1S/C55H38N4/c1-55(2)43-27-15-12-24-40(43)48-51(55)49-41-25-13-16-28-46(41)58(38-22-10-5-11-23-38)53(49)50-42-26-14-17-29-47(42)59(52(48)50)39-32-30-36(31-33-39)45-34-44(35-18-6-3-7-19-35)56-54(57-45)37-20-8-4-9-21-37/h3-34H,1-2H3. The minimum absolute atomic E-state index is 0.241. The molecule has 0 unspecified atom stereocenters. The van der Waals surface area contributed by atoms with E-state index in [1.54, 1.807) is 0 Å². The zero-order chi connectivity index (χ0) is 39.2. The van der Waals surface area contributed by atoms with Crippen LogP contribution in [0.3, 0.4) is 0 Å². The number of nitrogens with zero attached hydrogens (tertiary/aromatic N) is 4. The van der Waals surface area contributed by atoms with E-state index in [1.165, 1.54) is 65.9 Å². The second-order valence-corrected chi connectivity index (χ2v) is 16.1. The molecule has 0 bridgehead atoms. The predicted octanol–water partition coefficient (Wildman–Crippen LogP) is 14.0. The third kappa shape index (κ3) is 4.90. The van der Waals surface area contributed by atoms with Crippen LogP contribution in [0, 0.1) is 0 Å². The molecule has 4 heteroatoms. The largest absolute Gasteiger partial charge is 0.309 e. The van der Waals surface area contributed by atoms with E-state index in [2.05, 4.69) is 193 Å². The van der Waals surface area contributed by atoms with Gasteiger partial charge in [0.15, 0.2) is 5.82 Å². The van der Waals surface area contributed by atoms with Crippen LogP contribution in [-0.2, 0) is 5.41 Å². The van der Waals surface area contributed by atoms with Crippen LogP contribution in [0.15, 0.2) is 194 Å². The summed E-state index contributed by atoms with van der Waals surface area (Å²) in [6.45, 7) is 4.82. The highest BCUT2D eigenvalue weighted by atomic mass is 15.0. The molecule has 0 saturated heterocycles. The molecule has 1 aliphatic carbocycles. The zero-order valence-corrected chi connectivity index (χ0v) is 32.8. The van der Waals surface area contributed by atoms with Gasteiger partial charge in [-0.05, 0) is 59.2 Å². The van der Waals surface area contributed by atoms with Gasteiger partial charge in [0.2, 0.25) is 0 Å². The Kier molecular flexibility index (Phi) is 7.24. The van der Waals surface area contributed by atoms with Crippen molar-refractivity contribution in [2.45, 2.75) is 19.3 Å². The van der Waals surface area contributed by atoms with Crippen molar-refractivity contribution in [3.8, 4) is 56.4 Å². The SMILES string of the molecule is CC1(C)c2ccccc2-c2c1c1c3ccccc3n(-c3ccccc3)c1c1c3ccccc3n(-c3ccc(-c4cc(-c5ccccc5)nc(-c5ccccc5)n4)cc3)c21. The van der Waals surface area contributed by atoms with Crippen LogP contribution >= 0.6 is 0 Å². The number of benzene rings is 8. The quantitative estimate of drug-likeness (QED) is 0.175. The van der Waals surface area contributed by atoms with Crippen molar-refractivity contribution in [2.75, 3.05) is 0 Å². The number of para-hydroxylation sites is 3. The first kappa shape index (κ1) is 33.6. The van der Waals surface area contributed by atoms with E-state index in [-0.39, 0.29) is 5.41 Å². The maximum atomic E-state index is 5.15. The van der Waals surface area contributed by atoms with E-state index in [4.69, 9.17) is 9.97 Å². The third-order valence-electron chi connectivity index (χ3n) is 12.5. The lowest BCUT2D eigenvalue weighted by Gasteiger charge is -2.23. The average Bonchev–Trinajstić information content (AvgIpc) is 3.90. The maximum Gasteiger partial charge on any atom is 0.160 e. The van der Waals surface area contributed by atoms with E-state index >= 15 is 0 Å². The minimum atomic E-state index is -0.241. The number of hydrogen-bond donors (Lipinski definition) is 0. The smallest absolute Gasteiger partial charge is 0.160 e. The molecule has 8 aromatic carbocycles. The molecular weight excluding hydrogens is 717 g/mol. The molecule has 11 aromatic rings. The fourth-order valence-electron chi connectivity index (χ4n) is 9.92. The first-order chi connectivity index (χ1) is 29.1. The van der Waals surface area contributed by atoms with Crippen molar-refractivity contribution in [3.05, 3.63) is 205 Å². The number of hydrogen-bond acceptors (Lipinski definition) is 2. The van der Waals surface area contributed by atoms with E-state index in [9.17, 15) is 0 Å². The highest BCUT2D eigenvalue weighted by molar-refractivity contribution is 6.31. The monoisotopic (exact) mass is 754 g/mol. The summed E-state index contributed by atoms with van der Waals surface area (Å²) in [5, 5.41) is 5.11. The van der Waals surface area contributed by atoms with Gasteiger partial charge in [-0.3, -0.25) is 0 Å². The summed E-state index contributed by atoms with van der Waals surface area (Å²) in [7, 11) is 0. The van der Waals surface area contributed by atoms with Gasteiger partial charge in [-0.1, -0.05) is 166 Å². The van der Waals surface area contributed by atoms with E-state index < -0.39 is 0 Å². The first-order valence-corrected chi connectivity index (χ1v) is 20.3. The van der Waals surface area contributed by atoms with Crippen LogP contribution < -0.4 is 0 Å². The molecule has 0 amide bonds. The van der Waals surface area contributed by atoms with Gasteiger partial charge < -0.3 is 9.13 Å². The van der Waals surface area contributed by atoms with Crippen molar-refractivity contribution in [3.63, 3.8) is 0 Å². The van der Waals surface area contributed by atoms with Gasteiger partial charge in [0.1, 0.15) is 0 Å². The van der Waals surface area contributed by atoms with Gasteiger partial charge in [-0.15, -0.1) is 0 Å². The maximum absolute atomic E-state index is 5.15. The Labute approximate surface area is 342 Å². The molecule has 0 spiro atoms. The third-order valence-corrected chi connectivity index (χ3v) is 12.5. The molecule has 0 radical (unpaired) electrons. The Balaban J connectivity index is 1.17. The molecule has 0 aliphatic heterocycles. The van der Waals surface area contributed by atoms with Gasteiger partial charge in [-0.25, -0.2) is 9.97 Å². The van der Waals surface area contributed by atoms with E-state index in [0.29, 0.717) is 5.82 Å². The van der Waals surface area contributed by atoms with Crippen molar-refractivity contribution < 1.29 is 0 Å². The Morgan fingerprint density at radius 3 is 1.58 bits per heavy atom. The molecule has 4 nitrogen and oxygen atoms in total. The summed E-state index contributed by atoms with van der Waals surface area (Å²) in [4.78, 5) is 10.2. The van der Waals surface area contributed by atoms with Crippen molar-refractivity contribution >= 4 is 43.6 Å². The molecule has 59 heavy (non-hydrogen) atoms. The highest BCUT2D eigenvalue weighted by Gasteiger charge is 2.41. The second-order valence-electron chi connectivity index (χ2n) is 16.1. The van der Waals surface area contributed by atoms with Gasteiger partial charge in [0, 0.05) is 60.6 Å². The number of aromatic nitrogens is 4. The van der Waals surface area contributed by atoms with Crippen LogP contribution in [0.5, 0.6) is 0 Å². The van der Waals surface area contributed by atoms with Crippen molar-refractivity contribution in [2.24, 2.45) is 0 Å². The van der Waals surface area contributed by atoms with Crippen LogP contribution in [0.1, 0.15) is 25.0 Å². The van der Waals surface area contributed by atoms with Gasteiger partial charge >= 0.3 is 0 Å². The summed E-state index contributed by atoms with van der Waals surface area (Å²) in [6.07, 6.45) is 0. The average molecular weight is 755 g/mol. The molecule has 1 aliphatic rings. The molecule has 0 saturated carbocycles. The summed E-state index contributed by atoms with van der Waals surface area (Å²) < 4.78 is 5.03. The van der Waals surface area contributed by atoms with Crippen LogP contribution in [0.25, 0.3) is 100 Å². The Morgan fingerprint density at radius 2 is 0.915 bits per heavy atom. The van der Waals surface area contributed by atoms with Crippen LogP contribution in [-0.4, -0.2) is 19.1 Å². The lowest BCUT2D eigenvalue weighted by atomic mass is 9.80. The minimum Gasteiger partial charge on any atom is -0.309 e. The molecule has 3 heterocycles. The Morgan fingerprint density at radius 1 is 0.424 bits per heavy atom. The van der Waals surface area contributed by atoms with Gasteiger partial charge in [0.05, 0.1) is 33.5 Å². The van der Waals surface area contributed by atoms with E-state index in [0.717, 1.165) is 39.5 Å². The molecule has 0 fully saturated rings. The van der Waals surface area contributed by atoms with E-state index in [1.807, 2.05) is 24.3 Å². The number of rotatable bonds is 5. The lowest BCUT2D eigenvalue weighted by Crippen LogP contribution is -2.15. The predicted molar refractivity (Wildman–Crippen MR) is 245 cm³/mol.